The van der Waals surface area contributed by atoms with E-state index in [1.807, 2.05) is 6.92 Å². The normalized spacial score (nSPS) is 10.3. The number of nitrogens with zero attached hydrogens (tertiary/aromatic N) is 2. The number of halogens is 1. The number of esters is 1. The summed E-state index contributed by atoms with van der Waals surface area (Å²) in [5.74, 6) is -0.758. The molecule has 0 aliphatic heterocycles. The highest BCUT2D eigenvalue weighted by molar-refractivity contribution is 6.32. The first-order valence-corrected chi connectivity index (χ1v) is 6.42. The first-order chi connectivity index (χ1) is 9.58. The summed E-state index contributed by atoms with van der Waals surface area (Å²) in [6.45, 7) is 1.83. The maximum atomic E-state index is 12.1. The zero-order chi connectivity index (χ0) is 14.7. The summed E-state index contributed by atoms with van der Waals surface area (Å²) in [7, 11) is 1.21. The average Bonchev–Trinajstić information content (AvgIpc) is 2.47. The molecule has 0 N–H and O–H groups in total. The van der Waals surface area contributed by atoms with Gasteiger partial charge in [0.25, 0.3) is 0 Å². The van der Waals surface area contributed by atoms with Crippen LogP contribution in [0.15, 0.2) is 35.3 Å². The van der Waals surface area contributed by atoms with Gasteiger partial charge in [-0.25, -0.2) is 9.48 Å². The standard InChI is InChI=1S/C14H13ClN2O3/c1-3-9-8-17(11-7-5-4-6-10(11)15)16-12(13(9)18)14(19)20-2/h4-8H,3H2,1-2H3. The van der Waals surface area contributed by atoms with Crippen LogP contribution in [0, 0.1) is 0 Å². The maximum absolute atomic E-state index is 12.1. The van der Waals surface area contributed by atoms with E-state index >= 15 is 0 Å². The molecule has 5 nitrogen and oxygen atoms in total. The van der Waals surface area contributed by atoms with Crippen molar-refractivity contribution in [2.45, 2.75) is 13.3 Å². The molecule has 2 rings (SSSR count). The number of aryl methyl sites for hydroxylation is 1. The number of methoxy groups -OCH3 is 1. The van der Waals surface area contributed by atoms with Gasteiger partial charge in [-0.1, -0.05) is 30.7 Å². The van der Waals surface area contributed by atoms with E-state index in [1.165, 1.54) is 11.8 Å². The highest BCUT2D eigenvalue weighted by Crippen LogP contribution is 2.18. The molecule has 104 valence electrons. The number of benzene rings is 1. The zero-order valence-electron chi connectivity index (χ0n) is 11.1. The molecule has 0 unspecified atom stereocenters. The van der Waals surface area contributed by atoms with Gasteiger partial charge in [-0.2, -0.15) is 5.10 Å². The Balaban J connectivity index is 2.70. The van der Waals surface area contributed by atoms with Gasteiger partial charge in [0, 0.05) is 11.8 Å². The second kappa shape index (κ2) is 5.88. The molecule has 2 aromatic rings. The molecule has 0 amide bonds. The van der Waals surface area contributed by atoms with Gasteiger partial charge in [-0.3, -0.25) is 4.79 Å². The van der Waals surface area contributed by atoms with E-state index in [4.69, 9.17) is 11.6 Å². The summed E-state index contributed by atoms with van der Waals surface area (Å²) in [5, 5.41) is 4.50. The Hall–Kier alpha value is -2.14. The maximum Gasteiger partial charge on any atom is 0.362 e. The van der Waals surface area contributed by atoms with Gasteiger partial charge in [0.1, 0.15) is 0 Å². The van der Waals surface area contributed by atoms with Crippen LogP contribution < -0.4 is 5.43 Å². The van der Waals surface area contributed by atoms with Crippen molar-refractivity contribution in [3.05, 3.63) is 57.0 Å². The third kappa shape index (κ3) is 2.58. The Morgan fingerprint density at radius 3 is 2.70 bits per heavy atom. The topological polar surface area (TPSA) is 61.2 Å². The SMILES string of the molecule is CCc1cn(-c2ccccc2Cl)nc(C(=O)OC)c1=O. The molecule has 0 radical (unpaired) electrons. The minimum absolute atomic E-state index is 0.244. The van der Waals surface area contributed by atoms with Gasteiger partial charge in [0.2, 0.25) is 11.1 Å². The molecule has 0 fully saturated rings. The van der Waals surface area contributed by atoms with Crippen molar-refractivity contribution in [3.8, 4) is 5.69 Å². The number of carbonyl (C=O) groups excluding carboxylic acids is 1. The molecule has 0 aliphatic carbocycles. The summed E-state index contributed by atoms with van der Waals surface area (Å²) in [5.41, 5.74) is 0.406. The van der Waals surface area contributed by atoms with E-state index in [9.17, 15) is 9.59 Å². The summed E-state index contributed by atoms with van der Waals surface area (Å²) in [6, 6.07) is 7.04. The van der Waals surface area contributed by atoms with Crippen LogP contribution in [-0.2, 0) is 11.2 Å². The highest BCUT2D eigenvalue weighted by atomic mass is 35.5. The molecule has 6 heteroatoms. The van der Waals surface area contributed by atoms with Crippen molar-refractivity contribution in [1.29, 1.82) is 0 Å². The highest BCUT2D eigenvalue weighted by Gasteiger charge is 2.17. The molecule has 1 aromatic heterocycles. The molecule has 0 saturated heterocycles. The molecule has 1 aromatic carbocycles. The van der Waals surface area contributed by atoms with E-state index in [0.717, 1.165) is 0 Å². The third-order valence-electron chi connectivity index (χ3n) is 2.85. The number of hydrogen-bond donors (Lipinski definition) is 0. The van der Waals surface area contributed by atoms with Gasteiger partial charge >= 0.3 is 5.97 Å². The lowest BCUT2D eigenvalue weighted by molar-refractivity contribution is 0.0590. The molecular formula is C14H13ClN2O3. The van der Waals surface area contributed by atoms with Gasteiger partial charge in [0.15, 0.2) is 0 Å². The van der Waals surface area contributed by atoms with Gasteiger partial charge in [-0.05, 0) is 18.6 Å². The molecule has 0 spiro atoms. The minimum Gasteiger partial charge on any atom is -0.464 e. The van der Waals surface area contributed by atoms with Crippen LogP contribution in [0.5, 0.6) is 0 Å². The van der Waals surface area contributed by atoms with Crippen molar-refractivity contribution < 1.29 is 9.53 Å². The molecule has 1 heterocycles. The van der Waals surface area contributed by atoms with E-state index in [2.05, 4.69) is 9.84 Å². The number of para-hydroxylation sites is 1. The molecule has 0 atom stereocenters. The Bertz CT molecular complexity index is 710. The molecule has 0 aliphatic rings. The van der Waals surface area contributed by atoms with Crippen LogP contribution in [0.3, 0.4) is 0 Å². The smallest absolute Gasteiger partial charge is 0.362 e. The fourth-order valence-electron chi connectivity index (χ4n) is 1.78. The van der Waals surface area contributed by atoms with Gasteiger partial charge < -0.3 is 4.74 Å². The largest absolute Gasteiger partial charge is 0.464 e. The second-order valence-electron chi connectivity index (χ2n) is 4.07. The average molecular weight is 293 g/mol. The molecule has 0 bridgehead atoms. The lowest BCUT2D eigenvalue weighted by Crippen LogP contribution is -2.25. The summed E-state index contributed by atoms with van der Waals surface area (Å²) < 4.78 is 6.02. The summed E-state index contributed by atoms with van der Waals surface area (Å²) in [6.07, 6.45) is 2.06. The van der Waals surface area contributed by atoms with Crippen LogP contribution >= 0.6 is 11.6 Å². The Labute approximate surface area is 120 Å². The van der Waals surface area contributed by atoms with Crippen LogP contribution in [0.25, 0.3) is 5.69 Å². The monoisotopic (exact) mass is 292 g/mol. The fraction of sp³-hybridized carbons (Fsp3) is 0.214. The zero-order valence-corrected chi connectivity index (χ0v) is 11.8. The van der Waals surface area contributed by atoms with Crippen LogP contribution in [0.4, 0.5) is 0 Å². The van der Waals surface area contributed by atoms with E-state index in [1.54, 1.807) is 30.5 Å². The quantitative estimate of drug-likeness (QED) is 0.814. The Kier molecular flexibility index (Phi) is 4.20. The lowest BCUT2D eigenvalue weighted by Gasteiger charge is -2.10. The van der Waals surface area contributed by atoms with Crippen molar-refractivity contribution in [3.63, 3.8) is 0 Å². The fourth-order valence-corrected chi connectivity index (χ4v) is 2.01. The number of carbonyl (C=O) groups is 1. The van der Waals surface area contributed by atoms with E-state index in [-0.39, 0.29) is 5.69 Å². The molecular weight excluding hydrogens is 280 g/mol. The first-order valence-electron chi connectivity index (χ1n) is 6.04. The second-order valence-corrected chi connectivity index (χ2v) is 4.48. The predicted octanol–water partition coefficient (Wildman–Crippen LogP) is 2.23. The van der Waals surface area contributed by atoms with Gasteiger partial charge in [0.05, 0.1) is 17.8 Å². The number of aromatic nitrogens is 2. The predicted molar refractivity (Wildman–Crippen MR) is 75.6 cm³/mol. The summed E-state index contributed by atoms with van der Waals surface area (Å²) in [4.78, 5) is 23.7. The van der Waals surface area contributed by atoms with Gasteiger partial charge in [-0.15, -0.1) is 0 Å². The minimum atomic E-state index is -0.758. The van der Waals surface area contributed by atoms with Crippen LogP contribution in [-0.4, -0.2) is 22.9 Å². The number of hydrogen-bond acceptors (Lipinski definition) is 4. The molecule has 0 saturated carbocycles. The first kappa shape index (κ1) is 14.3. The van der Waals surface area contributed by atoms with Crippen LogP contribution in [0.2, 0.25) is 5.02 Å². The third-order valence-corrected chi connectivity index (χ3v) is 3.17. The number of rotatable bonds is 3. The van der Waals surface area contributed by atoms with Crippen molar-refractivity contribution in [2.24, 2.45) is 0 Å². The summed E-state index contributed by atoms with van der Waals surface area (Å²) >= 11 is 6.10. The Morgan fingerprint density at radius 2 is 2.10 bits per heavy atom. The van der Waals surface area contributed by atoms with Crippen LogP contribution in [0.1, 0.15) is 23.0 Å². The Morgan fingerprint density at radius 1 is 1.40 bits per heavy atom. The van der Waals surface area contributed by atoms with E-state index < -0.39 is 11.4 Å². The molecule has 20 heavy (non-hydrogen) atoms. The lowest BCUT2D eigenvalue weighted by atomic mass is 10.2. The van der Waals surface area contributed by atoms with Crippen molar-refractivity contribution in [2.75, 3.05) is 7.11 Å². The van der Waals surface area contributed by atoms with E-state index in [0.29, 0.717) is 22.7 Å². The number of ether oxygens (including phenoxy) is 1. The van der Waals surface area contributed by atoms with Crippen molar-refractivity contribution in [1.82, 2.24) is 9.78 Å². The van der Waals surface area contributed by atoms with Crippen molar-refractivity contribution >= 4 is 17.6 Å².